The van der Waals surface area contributed by atoms with Crippen molar-refractivity contribution in [2.75, 3.05) is 19.7 Å². The largest absolute Gasteiger partial charge is 0.463 e. The van der Waals surface area contributed by atoms with Crippen LogP contribution in [0.4, 0.5) is 13.2 Å². The molecule has 1 aromatic rings. The van der Waals surface area contributed by atoms with Gasteiger partial charge in [-0.05, 0) is 25.9 Å². The molecule has 2 aliphatic rings. The van der Waals surface area contributed by atoms with Crippen molar-refractivity contribution in [2.24, 2.45) is 0 Å². The van der Waals surface area contributed by atoms with E-state index in [-0.39, 0.29) is 16.9 Å². The summed E-state index contributed by atoms with van der Waals surface area (Å²) >= 11 is 0.627. The third kappa shape index (κ3) is 2.89. The lowest BCUT2D eigenvalue weighted by molar-refractivity contribution is -0.144. The zero-order valence-corrected chi connectivity index (χ0v) is 11.4. The molecule has 1 N–H and O–H groups in total. The minimum atomic E-state index is -4.53. The van der Waals surface area contributed by atoms with Gasteiger partial charge in [-0.15, -0.1) is 0 Å². The standard InChI is InChI=1S/C11H14F3N3O2S/c12-11(13,14)8-16-9(20-17-8)19-7-5-10(18-6-7)1-3-15-4-2-10/h7,15H,1-6H2. The molecule has 2 saturated heterocycles. The number of halogens is 3. The third-order valence-electron chi connectivity index (χ3n) is 3.62. The SMILES string of the molecule is FC(F)(F)c1nsc(OC2COC3(CCNCC3)C2)n1. The minimum Gasteiger partial charge on any atom is -0.463 e. The van der Waals surface area contributed by atoms with Gasteiger partial charge in [-0.25, -0.2) is 0 Å². The van der Waals surface area contributed by atoms with E-state index in [0.717, 1.165) is 25.9 Å². The summed E-state index contributed by atoms with van der Waals surface area (Å²) in [7, 11) is 0. The van der Waals surface area contributed by atoms with Crippen LogP contribution in [0.3, 0.4) is 0 Å². The Morgan fingerprint density at radius 3 is 2.75 bits per heavy atom. The molecule has 1 spiro atoms. The highest BCUT2D eigenvalue weighted by Gasteiger charge is 2.43. The molecular formula is C11H14F3N3O2S. The predicted octanol–water partition coefficient (Wildman–Crippen LogP) is 1.85. The topological polar surface area (TPSA) is 56.3 Å². The zero-order valence-electron chi connectivity index (χ0n) is 10.6. The number of aromatic nitrogens is 2. The molecule has 0 radical (unpaired) electrons. The van der Waals surface area contributed by atoms with Gasteiger partial charge < -0.3 is 14.8 Å². The van der Waals surface area contributed by atoms with Crippen LogP contribution in [0.2, 0.25) is 0 Å². The van der Waals surface area contributed by atoms with Crippen molar-refractivity contribution in [3.8, 4) is 5.19 Å². The summed E-state index contributed by atoms with van der Waals surface area (Å²) in [4.78, 5) is 3.37. The third-order valence-corrected chi connectivity index (χ3v) is 4.23. The minimum absolute atomic E-state index is 0.0445. The molecule has 0 bridgehead atoms. The fraction of sp³-hybridized carbons (Fsp3) is 0.818. The Labute approximate surface area is 117 Å². The van der Waals surface area contributed by atoms with E-state index in [4.69, 9.17) is 9.47 Å². The maximum absolute atomic E-state index is 12.4. The lowest BCUT2D eigenvalue weighted by atomic mass is 9.89. The highest BCUT2D eigenvalue weighted by molar-refractivity contribution is 7.07. The second-order valence-electron chi connectivity index (χ2n) is 5.07. The van der Waals surface area contributed by atoms with E-state index in [2.05, 4.69) is 14.7 Å². The number of rotatable bonds is 2. The molecule has 0 aliphatic carbocycles. The quantitative estimate of drug-likeness (QED) is 0.903. The van der Waals surface area contributed by atoms with E-state index >= 15 is 0 Å². The molecule has 3 heterocycles. The van der Waals surface area contributed by atoms with Crippen molar-refractivity contribution in [3.05, 3.63) is 5.82 Å². The highest BCUT2D eigenvalue weighted by atomic mass is 32.1. The van der Waals surface area contributed by atoms with Gasteiger partial charge in [0.1, 0.15) is 6.10 Å². The average Bonchev–Trinajstić information content (AvgIpc) is 2.99. The van der Waals surface area contributed by atoms with Crippen molar-refractivity contribution in [2.45, 2.75) is 37.1 Å². The first-order valence-corrected chi connectivity index (χ1v) is 7.16. The van der Waals surface area contributed by atoms with E-state index in [1.165, 1.54) is 0 Å². The van der Waals surface area contributed by atoms with Gasteiger partial charge in [-0.3, -0.25) is 0 Å². The molecule has 20 heavy (non-hydrogen) atoms. The van der Waals surface area contributed by atoms with Crippen LogP contribution >= 0.6 is 11.5 Å². The van der Waals surface area contributed by atoms with Gasteiger partial charge in [0.25, 0.3) is 11.0 Å². The van der Waals surface area contributed by atoms with Gasteiger partial charge in [0.2, 0.25) is 0 Å². The van der Waals surface area contributed by atoms with Crippen LogP contribution in [-0.2, 0) is 10.9 Å². The van der Waals surface area contributed by atoms with Crippen molar-refractivity contribution < 1.29 is 22.6 Å². The maximum atomic E-state index is 12.4. The lowest BCUT2D eigenvalue weighted by Gasteiger charge is -2.32. The Morgan fingerprint density at radius 1 is 1.35 bits per heavy atom. The fourth-order valence-electron chi connectivity index (χ4n) is 2.62. The van der Waals surface area contributed by atoms with Crippen LogP contribution in [0.15, 0.2) is 0 Å². The summed E-state index contributed by atoms with van der Waals surface area (Å²) < 4.78 is 51.7. The zero-order chi connectivity index (χ0) is 14.2. The Morgan fingerprint density at radius 2 is 2.10 bits per heavy atom. The summed E-state index contributed by atoms with van der Waals surface area (Å²) in [6.07, 6.45) is -2.29. The van der Waals surface area contributed by atoms with Crippen molar-refractivity contribution in [1.82, 2.24) is 14.7 Å². The normalized spacial score (nSPS) is 26.1. The monoisotopic (exact) mass is 309 g/mol. The number of nitrogens with one attached hydrogen (secondary N) is 1. The van der Waals surface area contributed by atoms with Crippen LogP contribution in [0, 0.1) is 0 Å². The molecule has 1 unspecified atom stereocenters. The number of ether oxygens (including phenoxy) is 2. The van der Waals surface area contributed by atoms with Crippen LogP contribution in [-0.4, -0.2) is 40.8 Å². The predicted molar refractivity (Wildman–Crippen MR) is 64.7 cm³/mol. The molecule has 112 valence electrons. The first kappa shape index (κ1) is 14.0. The van der Waals surface area contributed by atoms with E-state index in [1.54, 1.807) is 0 Å². The lowest BCUT2D eigenvalue weighted by Crippen LogP contribution is -2.41. The Kier molecular flexibility index (Phi) is 3.59. The van der Waals surface area contributed by atoms with Gasteiger partial charge in [0.05, 0.1) is 12.2 Å². The molecule has 3 rings (SSSR count). The fourth-order valence-corrected chi connectivity index (χ4v) is 3.24. The van der Waals surface area contributed by atoms with Crippen LogP contribution < -0.4 is 10.1 Å². The molecule has 9 heteroatoms. The Hall–Kier alpha value is -0.930. The molecular weight excluding hydrogens is 295 g/mol. The summed E-state index contributed by atoms with van der Waals surface area (Å²) in [6.45, 7) is 2.18. The van der Waals surface area contributed by atoms with E-state index < -0.39 is 12.0 Å². The Bertz CT molecular complexity index is 474. The smallest absolute Gasteiger partial charge is 0.452 e. The van der Waals surface area contributed by atoms with Crippen LogP contribution in [0.5, 0.6) is 5.19 Å². The molecule has 0 amide bonds. The molecule has 2 aliphatic heterocycles. The van der Waals surface area contributed by atoms with Gasteiger partial charge in [-0.2, -0.15) is 22.5 Å². The summed E-state index contributed by atoms with van der Waals surface area (Å²) in [5.41, 5.74) is -0.187. The van der Waals surface area contributed by atoms with E-state index in [9.17, 15) is 13.2 Å². The summed E-state index contributed by atoms with van der Waals surface area (Å²) in [5, 5.41) is 3.21. The number of nitrogens with zero attached hydrogens (tertiary/aromatic N) is 2. The van der Waals surface area contributed by atoms with Gasteiger partial charge in [0.15, 0.2) is 0 Å². The molecule has 5 nitrogen and oxygen atoms in total. The number of piperidine rings is 1. The van der Waals surface area contributed by atoms with Crippen molar-refractivity contribution in [3.63, 3.8) is 0 Å². The van der Waals surface area contributed by atoms with Crippen molar-refractivity contribution in [1.29, 1.82) is 0 Å². The van der Waals surface area contributed by atoms with Gasteiger partial charge in [0, 0.05) is 18.0 Å². The Balaban J connectivity index is 1.60. The van der Waals surface area contributed by atoms with E-state index in [1.807, 2.05) is 0 Å². The molecule has 2 fully saturated rings. The first-order chi connectivity index (χ1) is 9.47. The average molecular weight is 309 g/mol. The number of hydrogen-bond acceptors (Lipinski definition) is 6. The molecule has 1 atom stereocenters. The number of hydrogen-bond donors (Lipinski definition) is 1. The summed E-state index contributed by atoms with van der Waals surface area (Å²) in [5.74, 6) is -1.15. The highest BCUT2D eigenvalue weighted by Crippen LogP contribution is 2.36. The van der Waals surface area contributed by atoms with Gasteiger partial charge >= 0.3 is 6.18 Å². The van der Waals surface area contributed by atoms with Crippen LogP contribution in [0.25, 0.3) is 0 Å². The second-order valence-corrected chi connectivity index (χ2v) is 5.78. The number of alkyl halides is 3. The van der Waals surface area contributed by atoms with Gasteiger partial charge in [-0.1, -0.05) is 0 Å². The molecule has 0 saturated carbocycles. The first-order valence-electron chi connectivity index (χ1n) is 6.39. The molecule has 1 aromatic heterocycles. The maximum Gasteiger partial charge on any atom is 0.452 e. The second kappa shape index (κ2) is 5.12. The van der Waals surface area contributed by atoms with Crippen LogP contribution in [0.1, 0.15) is 25.1 Å². The van der Waals surface area contributed by atoms with Crippen molar-refractivity contribution >= 4 is 11.5 Å². The summed E-state index contributed by atoms with van der Waals surface area (Å²) in [6, 6.07) is 0. The van der Waals surface area contributed by atoms with E-state index in [0.29, 0.717) is 24.6 Å². The molecule has 0 aromatic carbocycles.